The van der Waals surface area contributed by atoms with E-state index < -0.39 is 24.0 Å². The molecule has 1 heterocycles. The average Bonchev–Trinajstić information content (AvgIpc) is 2.86. The maximum Gasteiger partial charge on any atom is 0.323 e. The van der Waals surface area contributed by atoms with E-state index in [4.69, 9.17) is 4.74 Å². The van der Waals surface area contributed by atoms with E-state index in [1.807, 2.05) is 20.8 Å². The number of amides is 5. The first-order valence-corrected chi connectivity index (χ1v) is 12.6. The molecule has 11 heteroatoms. The zero-order valence-electron chi connectivity index (χ0n) is 22.3. The molecule has 4 N–H and O–H groups in total. The Bertz CT molecular complexity index is 1140. The summed E-state index contributed by atoms with van der Waals surface area (Å²) in [5.41, 5.74) is 0.850. The molecule has 1 aliphatic rings. The smallest absolute Gasteiger partial charge is 0.323 e. The number of carbonyl (C=O) groups excluding carboxylic acids is 3. The first-order chi connectivity index (χ1) is 18.0. The van der Waals surface area contributed by atoms with Crippen molar-refractivity contribution in [3.63, 3.8) is 0 Å². The van der Waals surface area contributed by atoms with Crippen molar-refractivity contribution in [3.8, 4) is 5.75 Å². The molecule has 38 heavy (non-hydrogen) atoms. The molecule has 1 aliphatic heterocycles. The van der Waals surface area contributed by atoms with Crippen molar-refractivity contribution in [3.05, 3.63) is 53.8 Å². The van der Waals surface area contributed by atoms with E-state index in [2.05, 4.69) is 16.0 Å². The van der Waals surface area contributed by atoms with Crippen LogP contribution in [0.3, 0.4) is 0 Å². The van der Waals surface area contributed by atoms with Crippen LogP contribution < -0.4 is 20.7 Å². The van der Waals surface area contributed by atoms with Crippen LogP contribution >= 0.6 is 0 Å². The first-order valence-electron chi connectivity index (χ1n) is 12.6. The fourth-order valence-corrected chi connectivity index (χ4v) is 4.09. The Balaban J connectivity index is 1.95. The van der Waals surface area contributed by atoms with Gasteiger partial charge in [0.15, 0.2) is 5.75 Å². The molecule has 206 valence electrons. The van der Waals surface area contributed by atoms with Gasteiger partial charge in [0.1, 0.15) is 11.9 Å². The zero-order valence-corrected chi connectivity index (χ0v) is 22.3. The number of fused-ring (bicyclic) bond motifs is 1. The summed E-state index contributed by atoms with van der Waals surface area (Å²) in [5.74, 6) is -0.839. The molecule has 3 atom stereocenters. The molecule has 0 saturated carbocycles. The fourth-order valence-electron chi connectivity index (χ4n) is 4.09. The minimum atomic E-state index is -0.610. The number of ether oxygens (including phenoxy) is 1. The van der Waals surface area contributed by atoms with Gasteiger partial charge in [0, 0.05) is 31.2 Å². The number of para-hydroxylation sites is 1. The Labute approximate surface area is 222 Å². The summed E-state index contributed by atoms with van der Waals surface area (Å²) < 4.78 is 19.6. The Kier molecular flexibility index (Phi) is 9.51. The number of urea groups is 2. The van der Waals surface area contributed by atoms with Crippen molar-refractivity contribution >= 4 is 29.3 Å². The minimum Gasteiger partial charge on any atom is -0.485 e. The lowest BCUT2D eigenvalue weighted by molar-refractivity contribution is 0.0368. The lowest BCUT2D eigenvalue weighted by Crippen LogP contribution is -2.51. The number of aliphatic hydroxyl groups excluding tert-OH is 1. The second-order valence-electron chi connectivity index (χ2n) is 9.88. The lowest BCUT2D eigenvalue weighted by Gasteiger charge is -2.38. The molecular weight excluding hydrogens is 493 g/mol. The molecule has 10 nitrogen and oxygen atoms in total. The summed E-state index contributed by atoms with van der Waals surface area (Å²) in [6, 6.07) is 8.75. The van der Waals surface area contributed by atoms with Gasteiger partial charge in [0.2, 0.25) is 0 Å². The predicted octanol–water partition coefficient (Wildman–Crippen LogP) is 3.74. The summed E-state index contributed by atoms with van der Waals surface area (Å²) in [6.45, 7) is 7.68. The normalized spacial score (nSPS) is 18.0. The molecule has 0 aliphatic carbocycles. The second kappa shape index (κ2) is 12.6. The van der Waals surface area contributed by atoms with Crippen LogP contribution in [-0.4, -0.2) is 77.8 Å². The summed E-state index contributed by atoms with van der Waals surface area (Å²) in [6.07, 6.45) is -0.540. The molecule has 5 amide bonds. The summed E-state index contributed by atoms with van der Waals surface area (Å²) >= 11 is 0. The van der Waals surface area contributed by atoms with Gasteiger partial charge in [-0.3, -0.25) is 4.79 Å². The fraction of sp³-hybridized carbons (Fsp3) is 0.444. The summed E-state index contributed by atoms with van der Waals surface area (Å²) in [7, 11) is 1.66. The topological polar surface area (TPSA) is 123 Å². The van der Waals surface area contributed by atoms with E-state index in [0.717, 1.165) is 0 Å². The molecule has 2 aromatic carbocycles. The number of benzene rings is 2. The van der Waals surface area contributed by atoms with E-state index in [1.54, 1.807) is 37.1 Å². The van der Waals surface area contributed by atoms with Gasteiger partial charge < -0.3 is 35.6 Å². The second-order valence-corrected chi connectivity index (χ2v) is 9.88. The molecule has 0 spiro atoms. The van der Waals surface area contributed by atoms with Crippen LogP contribution in [-0.2, 0) is 0 Å². The largest absolute Gasteiger partial charge is 0.485 e. The molecule has 0 saturated heterocycles. The Morgan fingerprint density at radius 2 is 1.84 bits per heavy atom. The van der Waals surface area contributed by atoms with Crippen LogP contribution in [0, 0.1) is 11.7 Å². The Hall–Kier alpha value is -3.86. The number of nitrogens with one attached hydrogen (secondary N) is 3. The quantitative estimate of drug-likeness (QED) is 0.435. The minimum absolute atomic E-state index is 0.0460. The van der Waals surface area contributed by atoms with E-state index in [1.165, 1.54) is 29.2 Å². The molecule has 0 fully saturated rings. The third-order valence-electron chi connectivity index (χ3n) is 6.25. The summed E-state index contributed by atoms with van der Waals surface area (Å²) in [5, 5.41) is 18.0. The SMILES string of the molecule is CC(C)NC(=O)N(C)C[C@@H]1Oc2c(NC(=O)Nc3ccc(F)cc3)cccc2C(=O)N([C@@H](C)CO)C[C@@H]1C. The number of nitrogens with zero attached hydrogens (tertiary/aromatic N) is 2. The number of hydrogen-bond acceptors (Lipinski definition) is 5. The van der Waals surface area contributed by atoms with Gasteiger partial charge in [0.05, 0.1) is 30.4 Å². The van der Waals surface area contributed by atoms with Gasteiger partial charge in [-0.1, -0.05) is 13.0 Å². The standard InChI is InChI=1S/C27H36FN5O5/c1-16(2)29-27(37)32(5)14-23-17(3)13-33(18(4)15-34)25(35)21-7-6-8-22(24(21)38-23)31-26(36)30-20-11-9-19(28)10-12-20/h6-12,16-18,23,34H,13-15H2,1-5H3,(H,29,37)(H2,30,31,36)/t17-,18-,23-/m0/s1. The van der Waals surface area contributed by atoms with Crippen LogP contribution in [0.2, 0.25) is 0 Å². The van der Waals surface area contributed by atoms with Crippen LogP contribution in [0.5, 0.6) is 5.75 Å². The monoisotopic (exact) mass is 529 g/mol. The summed E-state index contributed by atoms with van der Waals surface area (Å²) in [4.78, 5) is 42.0. The van der Waals surface area contributed by atoms with Crippen LogP contribution in [0.15, 0.2) is 42.5 Å². The van der Waals surface area contributed by atoms with E-state index in [9.17, 15) is 23.9 Å². The van der Waals surface area contributed by atoms with Gasteiger partial charge in [-0.05, 0) is 57.2 Å². The van der Waals surface area contributed by atoms with Crippen LogP contribution in [0.1, 0.15) is 38.1 Å². The first kappa shape index (κ1) is 28.7. The third-order valence-corrected chi connectivity index (χ3v) is 6.25. The highest BCUT2D eigenvalue weighted by atomic mass is 19.1. The Morgan fingerprint density at radius 3 is 2.47 bits per heavy atom. The number of likely N-dealkylation sites (N-methyl/N-ethyl adjacent to an activating group) is 1. The van der Waals surface area contributed by atoms with Crippen LogP contribution in [0.25, 0.3) is 0 Å². The average molecular weight is 530 g/mol. The number of halogens is 1. The lowest BCUT2D eigenvalue weighted by atomic mass is 9.99. The third kappa shape index (κ3) is 7.12. The molecule has 0 radical (unpaired) electrons. The molecule has 0 bridgehead atoms. The van der Waals surface area contributed by atoms with Crippen molar-refractivity contribution in [1.29, 1.82) is 0 Å². The van der Waals surface area contributed by atoms with Gasteiger partial charge in [-0.25, -0.2) is 14.0 Å². The molecule has 0 aromatic heterocycles. The maximum atomic E-state index is 13.6. The maximum absolute atomic E-state index is 13.6. The van der Waals surface area contributed by atoms with Gasteiger partial charge in [-0.15, -0.1) is 0 Å². The van der Waals surface area contributed by atoms with Crippen LogP contribution in [0.4, 0.5) is 25.4 Å². The molecule has 0 unspecified atom stereocenters. The zero-order chi connectivity index (χ0) is 28.0. The number of aliphatic hydroxyl groups is 1. The molecular formula is C27H36FN5O5. The number of hydrogen-bond donors (Lipinski definition) is 4. The highest BCUT2D eigenvalue weighted by molar-refractivity contribution is 6.04. The predicted molar refractivity (Wildman–Crippen MR) is 143 cm³/mol. The highest BCUT2D eigenvalue weighted by Crippen LogP contribution is 2.35. The van der Waals surface area contributed by atoms with Crippen molar-refractivity contribution in [2.75, 3.05) is 37.4 Å². The number of carbonyl (C=O) groups is 3. The van der Waals surface area contributed by atoms with E-state index >= 15 is 0 Å². The highest BCUT2D eigenvalue weighted by Gasteiger charge is 2.35. The van der Waals surface area contributed by atoms with Crippen molar-refractivity contribution in [2.24, 2.45) is 5.92 Å². The van der Waals surface area contributed by atoms with Crippen molar-refractivity contribution in [2.45, 2.75) is 45.9 Å². The van der Waals surface area contributed by atoms with Crippen molar-refractivity contribution < 1.29 is 28.6 Å². The van der Waals surface area contributed by atoms with Crippen molar-refractivity contribution in [1.82, 2.24) is 15.1 Å². The van der Waals surface area contributed by atoms with Gasteiger partial charge in [-0.2, -0.15) is 0 Å². The van der Waals surface area contributed by atoms with E-state index in [-0.39, 0.29) is 54.1 Å². The molecule has 3 rings (SSSR count). The number of rotatable bonds is 7. The van der Waals surface area contributed by atoms with Gasteiger partial charge >= 0.3 is 12.1 Å². The molecule has 2 aromatic rings. The number of anilines is 2. The Morgan fingerprint density at radius 1 is 1.16 bits per heavy atom. The van der Waals surface area contributed by atoms with E-state index in [0.29, 0.717) is 12.2 Å². The van der Waals surface area contributed by atoms with Gasteiger partial charge in [0.25, 0.3) is 5.91 Å².